The number of Topliss-reactive ketones (excluding diaryl/α,β-unsaturated/α-hetero) is 1. The fourth-order valence-corrected chi connectivity index (χ4v) is 5.71. The molecule has 3 N–H and O–H groups in total. The highest BCUT2D eigenvalue weighted by molar-refractivity contribution is 6.42. The molecule has 2 fully saturated rings. The number of benzene rings is 2. The van der Waals surface area contributed by atoms with E-state index in [9.17, 15) is 23.9 Å². The first-order valence-electron chi connectivity index (χ1n) is 13.0. The summed E-state index contributed by atoms with van der Waals surface area (Å²) in [5.74, 6) is -1.30. The van der Waals surface area contributed by atoms with Crippen LogP contribution in [0, 0.1) is 5.82 Å². The number of amides is 1. The second-order valence-electron chi connectivity index (χ2n) is 10.1. The smallest absolute Gasteiger partial charge is 0.303 e. The van der Waals surface area contributed by atoms with E-state index in [2.05, 4.69) is 0 Å². The molecule has 0 saturated carbocycles. The average Bonchev–Trinajstić information content (AvgIpc) is 3.24. The molecule has 2 saturated heterocycles. The molecule has 0 spiro atoms. The summed E-state index contributed by atoms with van der Waals surface area (Å²) in [6, 6.07) is 9.11. The van der Waals surface area contributed by atoms with Crippen LogP contribution in [0.4, 0.5) is 4.39 Å². The maximum Gasteiger partial charge on any atom is 0.303 e. The summed E-state index contributed by atoms with van der Waals surface area (Å²) in [6.45, 7) is 1.05. The number of ether oxygens (including phenoxy) is 1. The van der Waals surface area contributed by atoms with E-state index < -0.39 is 18.1 Å². The van der Waals surface area contributed by atoms with Crippen molar-refractivity contribution in [2.75, 3.05) is 19.7 Å². The van der Waals surface area contributed by atoms with Gasteiger partial charge in [-0.25, -0.2) is 4.39 Å². The SMILES string of the molecule is N[C@@H]1C[C@H]2C(=O)N([C@H](CCC(=O)O)C(=O)CCc3ccc(Cl)c(Cl)c3)CCC(COc3ccc(F)cc3)N2C1. The number of nitrogens with zero attached hydrogens (tertiary/aromatic N) is 2. The summed E-state index contributed by atoms with van der Waals surface area (Å²) in [7, 11) is 0. The monoisotopic (exact) mass is 579 g/mol. The van der Waals surface area contributed by atoms with Crippen molar-refractivity contribution in [2.45, 2.75) is 62.7 Å². The zero-order valence-corrected chi connectivity index (χ0v) is 22.9. The molecular weight excluding hydrogens is 548 g/mol. The molecule has 2 aliphatic heterocycles. The number of carbonyl (C=O) groups excluding carboxylic acids is 2. The molecule has 0 aliphatic carbocycles. The minimum absolute atomic E-state index is 0.0246. The van der Waals surface area contributed by atoms with E-state index in [0.29, 0.717) is 41.6 Å². The van der Waals surface area contributed by atoms with Crippen molar-refractivity contribution < 1.29 is 28.6 Å². The van der Waals surface area contributed by atoms with Crippen LogP contribution in [0.1, 0.15) is 37.7 Å². The number of halogens is 3. The van der Waals surface area contributed by atoms with E-state index in [-0.39, 0.29) is 62.0 Å². The van der Waals surface area contributed by atoms with E-state index in [1.165, 1.54) is 12.1 Å². The van der Waals surface area contributed by atoms with Crippen LogP contribution >= 0.6 is 23.2 Å². The predicted molar refractivity (Wildman–Crippen MR) is 146 cm³/mol. The van der Waals surface area contributed by atoms with Crippen LogP contribution in [0.3, 0.4) is 0 Å². The molecule has 4 rings (SSSR count). The number of carbonyl (C=O) groups is 3. The number of aryl methyl sites for hydroxylation is 1. The quantitative estimate of drug-likeness (QED) is 0.414. The lowest BCUT2D eigenvalue weighted by atomic mass is 9.97. The van der Waals surface area contributed by atoms with Crippen LogP contribution in [0.25, 0.3) is 0 Å². The summed E-state index contributed by atoms with van der Waals surface area (Å²) in [4.78, 5) is 42.3. The number of hydrogen-bond acceptors (Lipinski definition) is 6. The molecule has 1 amide bonds. The second-order valence-corrected chi connectivity index (χ2v) is 10.9. The Hall–Kier alpha value is -2.72. The molecule has 0 bridgehead atoms. The van der Waals surface area contributed by atoms with Gasteiger partial charge in [0.15, 0.2) is 5.78 Å². The Balaban J connectivity index is 1.50. The summed E-state index contributed by atoms with van der Waals surface area (Å²) in [5.41, 5.74) is 7.07. The van der Waals surface area contributed by atoms with E-state index in [1.807, 2.05) is 4.90 Å². The number of ketones is 1. The molecule has 2 heterocycles. The van der Waals surface area contributed by atoms with Crippen LogP contribution in [0.5, 0.6) is 5.75 Å². The highest BCUT2D eigenvalue weighted by Crippen LogP contribution is 2.30. The molecule has 210 valence electrons. The Morgan fingerprint density at radius 2 is 1.87 bits per heavy atom. The van der Waals surface area contributed by atoms with Gasteiger partial charge in [0.25, 0.3) is 0 Å². The van der Waals surface area contributed by atoms with E-state index in [4.69, 9.17) is 33.7 Å². The van der Waals surface area contributed by atoms with Crippen LogP contribution in [0.2, 0.25) is 10.0 Å². The van der Waals surface area contributed by atoms with Gasteiger partial charge >= 0.3 is 5.97 Å². The largest absolute Gasteiger partial charge is 0.492 e. The van der Waals surface area contributed by atoms with Gasteiger partial charge in [-0.1, -0.05) is 29.3 Å². The van der Waals surface area contributed by atoms with E-state index >= 15 is 0 Å². The highest BCUT2D eigenvalue weighted by atomic mass is 35.5. The van der Waals surface area contributed by atoms with Crippen molar-refractivity contribution in [3.63, 3.8) is 0 Å². The first-order valence-corrected chi connectivity index (χ1v) is 13.8. The van der Waals surface area contributed by atoms with Crippen LogP contribution in [-0.4, -0.2) is 76.4 Å². The van der Waals surface area contributed by atoms with Crippen molar-refractivity contribution in [3.8, 4) is 5.75 Å². The number of carboxylic acids is 1. The minimum atomic E-state index is -1.03. The Morgan fingerprint density at radius 3 is 2.56 bits per heavy atom. The van der Waals surface area contributed by atoms with E-state index in [0.717, 1.165) is 5.56 Å². The Kier molecular flexibility index (Phi) is 9.82. The molecule has 4 atom stereocenters. The van der Waals surface area contributed by atoms with Crippen molar-refractivity contribution in [1.82, 2.24) is 9.80 Å². The maximum absolute atomic E-state index is 13.8. The van der Waals surface area contributed by atoms with E-state index in [1.54, 1.807) is 35.2 Å². The summed E-state index contributed by atoms with van der Waals surface area (Å²) in [6.07, 6.45) is 1.24. The van der Waals surface area contributed by atoms with Gasteiger partial charge in [-0.3, -0.25) is 19.3 Å². The van der Waals surface area contributed by atoms with Gasteiger partial charge in [0.1, 0.15) is 18.2 Å². The number of aliphatic carboxylic acids is 1. The third-order valence-corrected chi connectivity index (χ3v) is 8.13. The van der Waals surface area contributed by atoms with Crippen molar-refractivity contribution >= 4 is 40.9 Å². The van der Waals surface area contributed by atoms with Crippen molar-refractivity contribution in [1.29, 1.82) is 0 Å². The van der Waals surface area contributed by atoms with Crippen molar-refractivity contribution in [2.24, 2.45) is 5.73 Å². The topological polar surface area (TPSA) is 113 Å². The van der Waals surface area contributed by atoms with Gasteiger partial charge < -0.3 is 20.5 Å². The van der Waals surface area contributed by atoms with Gasteiger partial charge in [-0.2, -0.15) is 0 Å². The van der Waals surface area contributed by atoms with Crippen molar-refractivity contribution in [3.05, 3.63) is 63.9 Å². The van der Waals surface area contributed by atoms with Crippen LogP contribution < -0.4 is 10.5 Å². The molecule has 0 radical (unpaired) electrons. The lowest BCUT2D eigenvalue weighted by molar-refractivity contribution is -0.144. The fraction of sp³-hybridized carbons (Fsp3) is 0.464. The zero-order chi connectivity index (χ0) is 28.1. The predicted octanol–water partition coefficient (Wildman–Crippen LogP) is 3.95. The summed E-state index contributed by atoms with van der Waals surface area (Å²) < 4.78 is 19.2. The Bertz CT molecular complexity index is 1200. The van der Waals surface area contributed by atoms with Crippen LogP contribution in [-0.2, 0) is 20.8 Å². The molecular formula is C28H32Cl2FN3O5. The van der Waals surface area contributed by atoms with Gasteiger partial charge in [-0.05, 0) is 67.6 Å². The first kappa shape index (κ1) is 29.3. The van der Waals surface area contributed by atoms with Gasteiger partial charge in [0, 0.05) is 38.0 Å². The van der Waals surface area contributed by atoms with Gasteiger partial charge in [0.05, 0.1) is 22.1 Å². The first-order chi connectivity index (χ1) is 18.6. The Labute approximate surface area is 236 Å². The fourth-order valence-electron chi connectivity index (χ4n) is 5.39. The molecule has 1 unspecified atom stereocenters. The lowest BCUT2D eigenvalue weighted by Gasteiger charge is -2.32. The molecule has 0 aromatic heterocycles. The zero-order valence-electron chi connectivity index (χ0n) is 21.4. The van der Waals surface area contributed by atoms with Gasteiger partial charge in [-0.15, -0.1) is 0 Å². The normalized spacial score (nSPS) is 22.3. The lowest BCUT2D eigenvalue weighted by Crippen LogP contribution is -2.51. The van der Waals surface area contributed by atoms with Gasteiger partial charge in [0.2, 0.25) is 5.91 Å². The molecule has 39 heavy (non-hydrogen) atoms. The molecule has 8 nitrogen and oxygen atoms in total. The van der Waals surface area contributed by atoms with Crippen LogP contribution in [0.15, 0.2) is 42.5 Å². The third kappa shape index (κ3) is 7.48. The molecule has 2 aliphatic rings. The Morgan fingerprint density at radius 1 is 1.13 bits per heavy atom. The maximum atomic E-state index is 13.8. The average molecular weight is 580 g/mol. The number of carboxylic acid groups (broad SMARTS) is 1. The molecule has 2 aromatic carbocycles. The third-order valence-electron chi connectivity index (χ3n) is 7.39. The standard InChI is InChI=1S/C28H32Cl2FN3O5/c29-22-7-1-17(13-23(22)30)2-9-26(35)24(8-10-27(36)37)33-12-11-20(16-39-21-5-3-18(31)4-6-21)34-15-19(32)14-25(34)28(33)38/h1,3-7,13,19-20,24-25H,2,8-12,14-16,32H2,(H,36,37)/t19-,20?,24-,25+/m1/s1. The number of rotatable bonds is 11. The molecule has 11 heteroatoms. The number of nitrogens with two attached hydrogens (primary N) is 1. The summed E-state index contributed by atoms with van der Waals surface area (Å²) in [5, 5.41) is 10.1. The number of fused-ring (bicyclic) bond motifs is 1. The number of hydrogen-bond donors (Lipinski definition) is 2. The second kappa shape index (κ2) is 13.1. The molecule has 2 aromatic rings. The highest BCUT2D eigenvalue weighted by Gasteiger charge is 2.45. The summed E-state index contributed by atoms with van der Waals surface area (Å²) >= 11 is 12.1. The minimum Gasteiger partial charge on any atom is -0.492 e.